The summed E-state index contributed by atoms with van der Waals surface area (Å²) >= 11 is 0. The lowest BCUT2D eigenvalue weighted by molar-refractivity contribution is -0.0667. The first-order chi connectivity index (χ1) is 9.76. The van der Waals surface area contributed by atoms with Gasteiger partial charge in [0.1, 0.15) is 0 Å². The number of likely N-dealkylation sites (N-methyl/N-ethyl adjacent to an activating group) is 1. The van der Waals surface area contributed by atoms with Gasteiger partial charge in [-0.25, -0.2) is 0 Å². The second-order valence-corrected chi connectivity index (χ2v) is 7.06. The van der Waals surface area contributed by atoms with Crippen LogP contribution in [-0.2, 0) is 4.74 Å². The van der Waals surface area contributed by atoms with Crippen molar-refractivity contribution in [1.29, 1.82) is 0 Å². The summed E-state index contributed by atoms with van der Waals surface area (Å²) in [5.41, 5.74) is 0.481. The maximum absolute atomic E-state index is 5.10. The lowest BCUT2D eigenvalue weighted by Crippen LogP contribution is -2.72. The van der Waals surface area contributed by atoms with Crippen molar-refractivity contribution in [3.63, 3.8) is 0 Å². The molecule has 5 nitrogen and oxygen atoms in total. The van der Waals surface area contributed by atoms with Crippen LogP contribution in [0.15, 0.2) is 4.99 Å². The molecule has 1 rings (SSSR count). The third-order valence-electron chi connectivity index (χ3n) is 4.90. The van der Waals surface area contributed by atoms with E-state index in [0.29, 0.717) is 5.41 Å². The van der Waals surface area contributed by atoms with Gasteiger partial charge in [-0.15, -0.1) is 24.0 Å². The van der Waals surface area contributed by atoms with Gasteiger partial charge in [-0.3, -0.25) is 4.99 Å². The van der Waals surface area contributed by atoms with Gasteiger partial charge in [-0.05, 0) is 27.8 Å². The molecule has 0 bridgehead atoms. The normalized spacial score (nSPS) is 19.6. The first-order valence-electron chi connectivity index (χ1n) is 7.99. The number of guanidine groups is 1. The van der Waals surface area contributed by atoms with Gasteiger partial charge >= 0.3 is 0 Å². The first-order valence-corrected chi connectivity index (χ1v) is 7.99. The van der Waals surface area contributed by atoms with Gasteiger partial charge in [-0.2, -0.15) is 0 Å². The summed E-state index contributed by atoms with van der Waals surface area (Å²) in [7, 11) is 3.85. The highest BCUT2D eigenvalue weighted by Crippen LogP contribution is 2.46. The van der Waals surface area contributed by atoms with Crippen LogP contribution in [0.4, 0.5) is 0 Å². The lowest BCUT2D eigenvalue weighted by Gasteiger charge is -2.62. The predicted molar refractivity (Wildman–Crippen MR) is 105 cm³/mol. The van der Waals surface area contributed by atoms with E-state index in [-0.39, 0.29) is 29.5 Å². The highest BCUT2D eigenvalue weighted by atomic mass is 127. The average molecular weight is 426 g/mol. The van der Waals surface area contributed by atoms with E-state index in [2.05, 4.69) is 56.8 Å². The SMILES string of the molecule is CCNC(=NCCN(C)CCOC)N1CC(C)(C)C1(C)C.I. The molecule has 0 spiro atoms. The Bertz CT molecular complexity index is 358. The monoisotopic (exact) mass is 426 g/mol. The summed E-state index contributed by atoms with van der Waals surface area (Å²) < 4.78 is 5.10. The smallest absolute Gasteiger partial charge is 0.194 e. The van der Waals surface area contributed by atoms with Crippen molar-refractivity contribution in [3.05, 3.63) is 0 Å². The second kappa shape index (κ2) is 9.27. The number of nitrogens with zero attached hydrogens (tertiary/aromatic N) is 3. The molecule has 1 aliphatic rings. The standard InChI is InChI=1S/C16H34N4O.HI/c1-8-17-14(18-9-10-19(6)11-12-21-7)20-13-15(2,3)16(20,4)5;/h8-13H2,1-7H3,(H,17,18);1H. The molecule has 22 heavy (non-hydrogen) atoms. The number of rotatable bonds is 7. The van der Waals surface area contributed by atoms with Crippen LogP contribution in [0.5, 0.6) is 0 Å². The molecule has 0 atom stereocenters. The molecule has 1 heterocycles. The van der Waals surface area contributed by atoms with E-state index in [0.717, 1.165) is 45.3 Å². The van der Waals surface area contributed by atoms with Crippen LogP contribution in [0.1, 0.15) is 34.6 Å². The molecular weight excluding hydrogens is 391 g/mol. The first kappa shape index (κ1) is 21.9. The second-order valence-electron chi connectivity index (χ2n) is 7.06. The van der Waals surface area contributed by atoms with E-state index in [4.69, 9.17) is 9.73 Å². The molecule has 1 aliphatic heterocycles. The summed E-state index contributed by atoms with van der Waals surface area (Å²) in [6.45, 7) is 16.8. The summed E-state index contributed by atoms with van der Waals surface area (Å²) in [6.07, 6.45) is 0. The fourth-order valence-corrected chi connectivity index (χ4v) is 2.48. The van der Waals surface area contributed by atoms with E-state index in [1.807, 2.05) is 0 Å². The molecule has 0 aromatic heterocycles. The van der Waals surface area contributed by atoms with Gasteiger partial charge in [0.15, 0.2) is 5.96 Å². The van der Waals surface area contributed by atoms with Crippen molar-refractivity contribution in [2.45, 2.75) is 40.2 Å². The van der Waals surface area contributed by atoms with Crippen LogP contribution in [0.3, 0.4) is 0 Å². The minimum atomic E-state index is 0. The summed E-state index contributed by atoms with van der Waals surface area (Å²) in [6, 6.07) is 0. The number of nitrogens with one attached hydrogen (secondary N) is 1. The van der Waals surface area contributed by atoms with E-state index < -0.39 is 0 Å². The van der Waals surface area contributed by atoms with Crippen molar-refractivity contribution in [2.75, 3.05) is 53.5 Å². The Labute approximate surface area is 153 Å². The van der Waals surface area contributed by atoms with Crippen LogP contribution < -0.4 is 5.32 Å². The van der Waals surface area contributed by atoms with Gasteiger partial charge in [0.05, 0.1) is 13.2 Å². The Morgan fingerprint density at radius 3 is 2.36 bits per heavy atom. The lowest BCUT2D eigenvalue weighted by atomic mass is 9.65. The number of likely N-dealkylation sites (tertiary alicyclic amines) is 1. The van der Waals surface area contributed by atoms with Crippen molar-refractivity contribution < 1.29 is 4.74 Å². The van der Waals surface area contributed by atoms with E-state index >= 15 is 0 Å². The molecule has 1 saturated heterocycles. The molecule has 6 heteroatoms. The van der Waals surface area contributed by atoms with Crippen molar-refractivity contribution in [1.82, 2.24) is 15.1 Å². The fourth-order valence-electron chi connectivity index (χ4n) is 2.48. The number of aliphatic imine (C=N–C) groups is 1. The molecule has 0 radical (unpaired) electrons. The summed E-state index contributed by atoms with van der Waals surface area (Å²) in [5.74, 6) is 1.04. The minimum Gasteiger partial charge on any atom is -0.383 e. The largest absolute Gasteiger partial charge is 0.383 e. The highest BCUT2D eigenvalue weighted by molar-refractivity contribution is 14.0. The molecule has 0 aromatic carbocycles. The Morgan fingerprint density at radius 1 is 1.27 bits per heavy atom. The van der Waals surface area contributed by atoms with Gasteiger partial charge in [0.2, 0.25) is 0 Å². The van der Waals surface area contributed by atoms with Crippen molar-refractivity contribution in [3.8, 4) is 0 Å². The topological polar surface area (TPSA) is 40.1 Å². The molecule has 0 unspecified atom stereocenters. The molecule has 0 saturated carbocycles. The zero-order valence-corrected chi connectivity index (χ0v) is 17.7. The third-order valence-corrected chi connectivity index (χ3v) is 4.90. The third kappa shape index (κ3) is 5.23. The maximum Gasteiger partial charge on any atom is 0.194 e. The van der Waals surface area contributed by atoms with Crippen LogP contribution >= 0.6 is 24.0 Å². The van der Waals surface area contributed by atoms with Gasteiger partial charge in [0, 0.05) is 44.2 Å². The Hall–Kier alpha value is -0.0800. The Balaban J connectivity index is 0.00000441. The van der Waals surface area contributed by atoms with E-state index in [9.17, 15) is 0 Å². The molecule has 0 aromatic rings. The summed E-state index contributed by atoms with van der Waals surface area (Å²) in [4.78, 5) is 9.44. The molecule has 1 fully saturated rings. The Kier molecular flexibility index (Phi) is 9.24. The zero-order valence-electron chi connectivity index (χ0n) is 15.4. The van der Waals surface area contributed by atoms with Crippen LogP contribution in [0, 0.1) is 5.41 Å². The molecule has 1 N–H and O–H groups in total. The Morgan fingerprint density at radius 2 is 1.91 bits per heavy atom. The van der Waals surface area contributed by atoms with Gasteiger partial charge in [0.25, 0.3) is 0 Å². The molecule has 0 amide bonds. The maximum atomic E-state index is 5.10. The van der Waals surface area contributed by atoms with Gasteiger partial charge in [-0.1, -0.05) is 13.8 Å². The van der Waals surface area contributed by atoms with Crippen molar-refractivity contribution in [2.24, 2.45) is 10.4 Å². The van der Waals surface area contributed by atoms with Crippen molar-refractivity contribution >= 4 is 29.9 Å². The fraction of sp³-hybridized carbons (Fsp3) is 0.938. The number of methoxy groups -OCH3 is 1. The quantitative estimate of drug-likeness (QED) is 0.385. The molecular formula is C16H35IN4O. The summed E-state index contributed by atoms with van der Waals surface area (Å²) in [5, 5.41) is 3.43. The molecule has 132 valence electrons. The van der Waals surface area contributed by atoms with Crippen LogP contribution in [0.2, 0.25) is 0 Å². The van der Waals surface area contributed by atoms with Crippen LogP contribution in [-0.4, -0.2) is 74.8 Å². The molecule has 0 aliphatic carbocycles. The average Bonchev–Trinajstić information content (AvgIpc) is 2.41. The predicted octanol–water partition coefficient (Wildman–Crippen LogP) is 2.27. The van der Waals surface area contributed by atoms with Crippen LogP contribution in [0.25, 0.3) is 0 Å². The highest BCUT2D eigenvalue weighted by Gasteiger charge is 2.53. The number of hydrogen-bond donors (Lipinski definition) is 1. The zero-order chi connectivity index (χ0) is 16.1. The van der Waals surface area contributed by atoms with E-state index in [1.165, 1.54) is 0 Å². The van der Waals surface area contributed by atoms with Gasteiger partial charge < -0.3 is 19.9 Å². The number of ether oxygens (including phenoxy) is 1. The van der Waals surface area contributed by atoms with E-state index in [1.54, 1.807) is 7.11 Å². The minimum absolute atomic E-state index is 0. The number of hydrogen-bond acceptors (Lipinski definition) is 3. The number of halogens is 1.